The van der Waals surface area contributed by atoms with Crippen molar-refractivity contribution in [2.24, 2.45) is 0 Å². The van der Waals surface area contributed by atoms with Gasteiger partial charge in [-0.2, -0.15) is 5.10 Å². The van der Waals surface area contributed by atoms with Gasteiger partial charge in [0.2, 0.25) is 0 Å². The Balaban J connectivity index is 1.52. The van der Waals surface area contributed by atoms with Gasteiger partial charge in [0.1, 0.15) is 11.3 Å². The fourth-order valence-corrected chi connectivity index (χ4v) is 3.37. The smallest absolute Gasteiger partial charge is 0.339 e. The third-order valence-corrected chi connectivity index (χ3v) is 4.88. The summed E-state index contributed by atoms with van der Waals surface area (Å²) >= 11 is 0. The fourth-order valence-electron chi connectivity index (χ4n) is 3.37. The number of aromatic carboxylic acids is 1. The second-order valence-electron chi connectivity index (χ2n) is 6.61. The first-order chi connectivity index (χ1) is 13.5. The van der Waals surface area contributed by atoms with E-state index in [-0.39, 0.29) is 17.5 Å². The Bertz CT molecular complexity index is 1040. The van der Waals surface area contributed by atoms with E-state index in [1.807, 2.05) is 24.3 Å². The summed E-state index contributed by atoms with van der Waals surface area (Å²) in [6.07, 6.45) is 2.03. The maximum atomic E-state index is 12.7. The first-order valence-corrected chi connectivity index (χ1v) is 8.95. The van der Waals surface area contributed by atoms with Gasteiger partial charge in [0.15, 0.2) is 0 Å². The molecule has 28 heavy (non-hydrogen) atoms. The number of para-hydroxylation sites is 1. The van der Waals surface area contributed by atoms with Crippen molar-refractivity contribution in [1.82, 2.24) is 15.1 Å². The molecule has 4 rings (SSSR count). The van der Waals surface area contributed by atoms with Gasteiger partial charge in [-0.15, -0.1) is 0 Å². The van der Waals surface area contributed by atoms with E-state index < -0.39 is 5.97 Å². The third-order valence-electron chi connectivity index (χ3n) is 4.88. The monoisotopic (exact) mass is 377 g/mol. The summed E-state index contributed by atoms with van der Waals surface area (Å²) in [6.45, 7) is 2.26. The van der Waals surface area contributed by atoms with Crippen LogP contribution in [0.3, 0.4) is 0 Å². The molecule has 2 N–H and O–H groups in total. The van der Waals surface area contributed by atoms with Crippen LogP contribution in [0.1, 0.15) is 44.4 Å². The minimum atomic E-state index is -1.02. The van der Waals surface area contributed by atoms with E-state index in [0.717, 1.165) is 11.3 Å². The normalized spacial score (nSPS) is 15.4. The molecule has 0 fully saturated rings. The Labute approximate surface area is 161 Å². The fraction of sp³-hybridized carbons (Fsp3) is 0.190. The highest BCUT2D eigenvalue weighted by atomic mass is 16.5. The molecule has 7 nitrogen and oxygen atoms in total. The number of benzene rings is 2. The second-order valence-corrected chi connectivity index (χ2v) is 6.61. The SMILES string of the molecule is Cc1c(C(=O)O)cnn1-c1ccc(C(=O)NC2CCOc3ccccc32)cc1. The topological polar surface area (TPSA) is 93.5 Å². The lowest BCUT2D eigenvalue weighted by atomic mass is 10.00. The zero-order chi connectivity index (χ0) is 19.7. The number of rotatable bonds is 4. The zero-order valence-electron chi connectivity index (χ0n) is 15.3. The number of nitrogens with one attached hydrogen (secondary N) is 1. The van der Waals surface area contributed by atoms with Crippen molar-refractivity contribution < 1.29 is 19.4 Å². The highest BCUT2D eigenvalue weighted by Gasteiger charge is 2.23. The minimum Gasteiger partial charge on any atom is -0.493 e. The zero-order valence-corrected chi connectivity index (χ0v) is 15.3. The van der Waals surface area contributed by atoms with Gasteiger partial charge in [-0.1, -0.05) is 18.2 Å². The molecule has 1 amide bonds. The quantitative estimate of drug-likeness (QED) is 0.729. The van der Waals surface area contributed by atoms with Crippen molar-refractivity contribution in [3.05, 3.63) is 77.1 Å². The van der Waals surface area contributed by atoms with Gasteiger partial charge in [0.25, 0.3) is 5.91 Å². The van der Waals surface area contributed by atoms with Crippen LogP contribution in [0.4, 0.5) is 0 Å². The standard InChI is InChI=1S/C21H19N3O4/c1-13-17(21(26)27)12-22-24(13)15-8-6-14(7-9-15)20(25)23-18-10-11-28-19-5-3-2-4-16(18)19/h2-9,12,18H,10-11H2,1H3,(H,23,25)(H,26,27). The Morgan fingerprint density at radius 3 is 2.64 bits per heavy atom. The summed E-state index contributed by atoms with van der Waals surface area (Å²) in [5, 5.41) is 16.3. The molecule has 1 aromatic heterocycles. The molecular weight excluding hydrogens is 358 g/mol. The van der Waals surface area contributed by atoms with Crippen molar-refractivity contribution >= 4 is 11.9 Å². The highest BCUT2D eigenvalue weighted by molar-refractivity contribution is 5.94. The summed E-state index contributed by atoms with van der Waals surface area (Å²) in [7, 11) is 0. The summed E-state index contributed by atoms with van der Waals surface area (Å²) in [5.41, 5.74) is 2.88. The largest absolute Gasteiger partial charge is 0.493 e. The van der Waals surface area contributed by atoms with Gasteiger partial charge >= 0.3 is 5.97 Å². The summed E-state index contributed by atoms with van der Waals surface area (Å²) in [6, 6.07) is 14.5. The number of carboxylic acid groups (broad SMARTS) is 1. The molecule has 1 atom stereocenters. The Morgan fingerprint density at radius 1 is 1.18 bits per heavy atom. The maximum Gasteiger partial charge on any atom is 0.339 e. The molecule has 2 aromatic carbocycles. The first kappa shape index (κ1) is 17.8. The van der Waals surface area contributed by atoms with Crippen LogP contribution in [-0.2, 0) is 0 Å². The Kier molecular flexibility index (Phi) is 4.57. The number of hydrogen-bond donors (Lipinski definition) is 2. The number of aromatic nitrogens is 2. The van der Waals surface area contributed by atoms with Crippen molar-refractivity contribution in [1.29, 1.82) is 0 Å². The number of ether oxygens (including phenoxy) is 1. The average molecular weight is 377 g/mol. The van der Waals surface area contributed by atoms with Gasteiger partial charge < -0.3 is 15.2 Å². The van der Waals surface area contributed by atoms with Crippen molar-refractivity contribution in [2.45, 2.75) is 19.4 Å². The van der Waals surface area contributed by atoms with E-state index in [0.29, 0.717) is 30.0 Å². The maximum absolute atomic E-state index is 12.7. The molecular formula is C21H19N3O4. The molecule has 142 valence electrons. The molecule has 2 heterocycles. The van der Waals surface area contributed by atoms with Crippen LogP contribution in [0, 0.1) is 6.92 Å². The number of amides is 1. The van der Waals surface area contributed by atoms with Crippen LogP contribution in [0.2, 0.25) is 0 Å². The van der Waals surface area contributed by atoms with Crippen molar-refractivity contribution in [2.75, 3.05) is 6.61 Å². The summed E-state index contributed by atoms with van der Waals surface area (Å²) in [4.78, 5) is 23.9. The van der Waals surface area contributed by atoms with Crippen molar-refractivity contribution in [3.63, 3.8) is 0 Å². The predicted octanol–water partition coefficient (Wildman–Crippen LogP) is 3.13. The van der Waals surface area contributed by atoms with E-state index in [1.54, 1.807) is 35.9 Å². The van der Waals surface area contributed by atoms with Crippen molar-refractivity contribution in [3.8, 4) is 11.4 Å². The van der Waals surface area contributed by atoms with Crippen LogP contribution < -0.4 is 10.1 Å². The van der Waals surface area contributed by atoms with E-state index in [2.05, 4.69) is 10.4 Å². The lowest BCUT2D eigenvalue weighted by molar-refractivity contribution is 0.0695. The lowest BCUT2D eigenvalue weighted by Crippen LogP contribution is -2.32. The number of fused-ring (bicyclic) bond motifs is 1. The van der Waals surface area contributed by atoms with Crippen LogP contribution in [0.5, 0.6) is 5.75 Å². The van der Waals surface area contributed by atoms with Gasteiger partial charge in [-0.25, -0.2) is 9.48 Å². The summed E-state index contributed by atoms with van der Waals surface area (Å²) < 4.78 is 7.17. The highest BCUT2D eigenvalue weighted by Crippen LogP contribution is 2.31. The van der Waals surface area contributed by atoms with Gasteiger partial charge in [-0.05, 0) is 37.3 Å². The molecule has 1 aliphatic rings. The van der Waals surface area contributed by atoms with Gasteiger partial charge in [0.05, 0.1) is 30.2 Å². The van der Waals surface area contributed by atoms with Crippen LogP contribution in [0.25, 0.3) is 5.69 Å². The summed E-state index contributed by atoms with van der Waals surface area (Å²) in [5.74, 6) is -0.383. The van der Waals surface area contributed by atoms with E-state index >= 15 is 0 Å². The number of carbonyl (C=O) groups is 2. The molecule has 0 aliphatic carbocycles. The molecule has 0 saturated heterocycles. The van der Waals surface area contributed by atoms with E-state index in [9.17, 15) is 9.59 Å². The second kappa shape index (κ2) is 7.19. The molecule has 0 spiro atoms. The van der Waals surface area contributed by atoms with Crippen LogP contribution in [0.15, 0.2) is 54.7 Å². The van der Waals surface area contributed by atoms with E-state index in [1.165, 1.54) is 6.20 Å². The average Bonchev–Trinajstić information content (AvgIpc) is 3.10. The minimum absolute atomic E-state index is 0.0939. The Hall–Kier alpha value is -3.61. The molecule has 0 bridgehead atoms. The number of nitrogens with zero attached hydrogens (tertiary/aromatic N) is 2. The van der Waals surface area contributed by atoms with Crippen LogP contribution >= 0.6 is 0 Å². The number of carbonyl (C=O) groups excluding carboxylic acids is 1. The van der Waals surface area contributed by atoms with E-state index in [4.69, 9.17) is 9.84 Å². The molecule has 1 unspecified atom stereocenters. The number of hydrogen-bond acceptors (Lipinski definition) is 4. The first-order valence-electron chi connectivity index (χ1n) is 8.95. The van der Waals surface area contributed by atoms with Gasteiger partial charge in [0, 0.05) is 17.5 Å². The van der Waals surface area contributed by atoms with Gasteiger partial charge in [-0.3, -0.25) is 4.79 Å². The molecule has 0 radical (unpaired) electrons. The molecule has 0 saturated carbocycles. The predicted molar refractivity (Wildman–Crippen MR) is 102 cm³/mol. The molecule has 7 heteroatoms. The number of carboxylic acids is 1. The lowest BCUT2D eigenvalue weighted by Gasteiger charge is -2.26. The third kappa shape index (κ3) is 3.22. The van der Waals surface area contributed by atoms with Crippen LogP contribution in [-0.4, -0.2) is 33.4 Å². The molecule has 1 aliphatic heterocycles. The molecule has 3 aromatic rings. The Morgan fingerprint density at radius 2 is 1.93 bits per heavy atom.